The Morgan fingerprint density at radius 1 is 0.632 bits per heavy atom. The van der Waals surface area contributed by atoms with Crippen LogP contribution in [0.2, 0.25) is 0 Å². The van der Waals surface area contributed by atoms with Gasteiger partial charge in [0.15, 0.2) is 15.9 Å². The highest BCUT2D eigenvalue weighted by molar-refractivity contribution is 7.80. The first-order valence-electron chi connectivity index (χ1n) is 13.2. The molecule has 0 aromatic heterocycles. The summed E-state index contributed by atoms with van der Waals surface area (Å²) in [6, 6.07) is 11.6. The molecule has 206 valence electrons. The SMILES string of the molecule is Cl.Cl.O=C1c2cc(C(=S)OCCN3CCCCC3)ccc2-c2ccc(C(=S)OCCN3CCCCC3)cc21. The number of rotatable bonds is 8. The predicted molar refractivity (Wildman–Crippen MR) is 166 cm³/mol. The van der Waals surface area contributed by atoms with E-state index in [4.69, 9.17) is 33.9 Å². The second kappa shape index (κ2) is 14.7. The molecule has 3 aliphatic rings. The summed E-state index contributed by atoms with van der Waals surface area (Å²) in [5, 5.41) is 0.894. The number of carbonyl (C=O) groups is 1. The van der Waals surface area contributed by atoms with Crippen molar-refractivity contribution >= 4 is 65.1 Å². The number of benzene rings is 2. The standard InChI is InChI=1S/C29H34N2O3S2.2ClH/c32-27-25-19-21(28(35)33-17-15-30-11-3-1-4-12-30)7-9-23(25)24-10-8-22(20-26(24)27)29(36)34-18-16-31-13-5-2-6-14-31;;/h7-10,19-20H,1-6,11-18H2;2*1H. The highest BCUT2D eigenvalue weighted by atomic mass is 35.5. The molecule has 0 saturated carbocycles. The first-order chi connectivity index (χ1) is 17.6. The van der Waals surface area contributed by atoms with Crippen LogP contribution in [0.3, 0.4) is 0 Å². The van der Waals surface area contributed by atoms with Gasteiger partial charge in [0.1, 0.15) is 13.2 Å². The average Bonchev–Trinajstić information content (AvgIpc) is 3.20. The van der Waals surface area contributed by atoms with Crippen LogP contribution < -0.4 is 0 Å². The lowest BCUT2D eigenvalue weighted by atomic mass is 10.0. The van der Waals surface area contributed by atoms with Crippen LogP contribution in [0.25, 0.3) is 11.1 Å². The van der Waals surface area contributed by atoms with Gasteiger partial charge in [0, 0.05) is 35.3 Å². The van der Waals surface area contributed by atoms with Crippen LogP contribution in [-0.4, -0.2) is 78.2 Å². The van der Waals surface area contributed by atoms with E-state index in [1.807, 2.05) is 36.4 Å². The van der Waals surface area contributed by atoms with Crippen molar-refractivity contribution in [3.8, 4) is 11.1 Å². The molecule has 0 N–H and O–H groups in total. The van der Waals surface area contributed by atoms with E-state index in [2.05, 4.69) is 9.80 Å². The van der Waals surface area contributed by atoms with Crippen molar-refractivity contribution in [2.24, 2.45) is 0 Å². The summed E-state index contributed by atoms with van der Waals surface area (Å²) >= 11 is 11.1. The van der Waals surface area contributed by atoms with Crippen LogP contribution in [0.1, 0.15) is 65.6 Å². The van der Waals surface area contributed by atoms with Gasteiger partial charge in [0.25, 0.3) is 0 Å². The van der Waals surface area contributed by atoms with Gasteiger partial charge in [-0.05, 0) is 112 Å². The lowest BCUT2D eigenvalue weighted by Gasteiger charge is -2.26. The summed E-state index contributed by atoms with van der Waals surface area (Å²) in [4.78, 5) is 18.1. The Kier molecular flexibility index (Phi) is 11.9. The van der Waals surface area contributed by atoms with E-state index in [9.17, 15) is 4.79 Å². The van der Waals surface area contributed by atoms with Crippen LogP contribution in [0.5, 0.6) is 0 Å². The monoisotopic (exact) mass is 594 g/mol. The Labute approximate surface area is 249 Å². The maximum atomic E-state index is 13.3. The van der Waals surface area contributed by atoms with Crippen molar-refractivity contribution < 1.29 is 14.3 Å². The van der Waals surface area contributed by atoms with Crippen molar-refractivity contribution in [1.29, 1.82) is 0 Å². The van der Waals surface area contributed by atoms with Gasteiger partial charge in [-0.1, -0.05) is 25.0 Å². The lowest BCUT2D eigenvalue weighted by Crippen LogP contribution is -2.33. The summed E-state index contributed by atoms with van der Waals surface area (Å²) in [7, 11) is 0. The first-order valence-corrected chi connectivity index (χ1v) is 14.0. The van der Waals surface area contributed by atoms with Crippen LogP contribution in [0, 0.1) is 0 Å². The molecule has 0 amide bonds. The van der Waals surface area contributed by atoms with Gasteiger partial charge in [0.2, 0.25) is 0 Å². The maximum absolute atomic E-state index is 13.3. The zero-order valence-electron chi connectivity index (χ0n) is 21.6. The summed E-state index contributed by atoms with van der Waals surface area (Å²) in [6.45, 7) is 7.46. The molecular weight excluding hydrogens is 559 g/mol. The predicted octanol–water partition coefficient (Wildman–Crippen LogP) is 6.10. The quantitative estimate of drug-likeness (QED) is 0.292. The molecule has 2 fully saturated rings. The Bertz CT molecular complexity index is 1060. The van der Waals surface area contributed by atoms with Gasteiger partial charge in [-0.15, -0.1) is 24.8 Å². The molecule has 0 spiro atoms. The van der Waals surface area contributed by atoms with E-state index in [-0.39, 0.29) is 30.6 Å². The number of likely N-dealkylation sites (tertiary alicyclic amines) is 2. The number of nitrogens with zero attached hydrogens (tertiary/aromatic N) is 2. The molecule has 5 nitrogen and oxygen atoms in total. The normalized spacial score (nSPS) is 17.0. The van der Waals surface area contributed by atoms with Crippen LogP contribution >= 0.6 is 49.2 Å². The maximum Gasteiger partial charge on any atom is 0.194 e. The second-order valence-electron chi connectivity index (χ2n) is 9.93. The first kappa shape index (κ1) is 30.9. The number of fused-ring (bicyclic) bond motifs is 3. The minimum atomic E-state index is -0.00377. The Morgan fingerprint density at radius 2 is 1.03 bits per heavy atom. The third-order valence-electron chi connectivity index (χ3n) is 7.47. The average molecular weight is 596 g/mol. The van der Waals surface area contributed by atoms with Gasteiger partial charge in [0.05, 0.1) is 0 Å². The highest BCUT2D eigenvalue weighted by Gasteiger charge is 2.28. The van der Waals surface area contributed by atoms with E-state index >= 15 is 0 Å². The number of hydrogen-bond acceptors (Lipinski definition) is 7. The number of carbonyl (C=O) groups excluding carboxylic acids is 1. The molecule has 38 heavy (non-hydrogen) atoms. The summed E-state index contributed by atoms with van der Waals surface area (Å²) in [5.41, 5.74) is 4.74. The van der Waals surface area contributed by atoms with Crippen molar-refractivity contribution in [2.45, 2.75) is 38.5 Å². The highest BCUT2D eigenvalue weighted by Crippen LogP contribution is 2.37. The van der Waals surface area contributed by atoms with Gasteiger partial charge in [-0.2, -0.15) is 0 Å². The van der Waals surface area contributed by atoms with Crippen LogP contribution in [0.4, 0.5) is 0 Å². The third kappa shape index (κ3) is 7.32. The molecule has 2 saturated heterocycles. The molecule has 2 aromatic rings. The third-order valence-corrected chi connectivity index (χ3v) is 8.18. The van der Waals surface area contributed by atoms with Crippen LogP contribution in [-0.2, 0) is 9.47 Å². The number of hydrogen-bond donors (Lipinski definition) is 0. The zero-order valence-corrected chi connectivity index (χ0v) is 24.9. The summed E-state index contributed by atoms with van der Waals surface area (Å²) < 4.78 is 11.8. The fourth-order valence-electron chi connectivity index (χ4n) is 5.40. The molecule has 2 aromatic carbocycles. The van der Waals surface area contributed by atoms with Crippen molar-refractivity contribution in [3.63, 3.8) is 0 Å². The minimum Gasteiger partial charge on any atom is -0.482 e. The molecule has 2 aliphatic heterocycles. The zero-order chi connectivity index (χ0) is 24.9. The summed E-state index contributed by atoms with van der Waals surface area (Å²) in [6.07, 6.45) is 7.68. The largest absolute Gasteiger partial charge is 0.482 e. The molecule has 0 atom stereocenters. The van der Waals surface area contributed by atoms with Gasteiger partial charge >= 0.3 is 0 Å². The topological polar surface area (TPSA) is 42.0 Å². The number of piperidine rings is 2. The van der Waals surface area contributed by atoms with E-state index in [1.54, 1.807) is 0 Å². The Morgan fingerprint density at radius 3 is 1.42 bits per heavy atom. The number of thiocarbonyl (C=S) groups is 2. The fourth-order valence-corrected chi connectivity index (χ4v) is 5.82. The molecule has 0 unspecified atom stereocenters. The van der Waals surface area contributed by atoms with E-state index < -0.39 is 0 Å². The van der Waals surface area contributed by atoms with Crippen LogP contribution in [0.15, 0.2) is 36.4 Å². The second-order valence-corrected chi connectivity index (χ2v) is 10.7. The molecule has 0 bridgehead atoms. The smallest absolute Gasteiger partial charge is 0.194 e. The van der Waals surface area contributed by atoms with Gasteiger partial charge in [-0.3, -0.25) is 14.6 Å². The molecule has 5 rings (SSSR count). The van der Waals surface area contributed by atoms with E-state index in [0.717, 1.165) is 61.5 Å². The van der Waals surface area contributed by atoms with Crippen molar-refractivity contribution in [2.75, 3.05) is 52.5 Å². The molecular formula is C29H36Cl2N2O3S2. The van der Waals surface area contributed by atoms with Crippen molar-refractivity contribution in [3.05, 3.63) is 58.7 Å². The number of ketones is 1. The van der Waals surface area contributed by atoms with Crippen molar-refractivity contribution in [1.82, 2.24) is 9.80 Å². The number of ether oxygens (including phenoxy) is 2. The lowest BCUT2D eigenvalue weighted by molar-refractivity contribution is 0.104. The van der Waals surface area contributed by atoms with Gasteiger partial charge in [-0.25, -0.2) is 0 Å². The molecule has 0 radical (unpaired) electrons. The van der Waals surface area contributed by atoms with E-state index in [1.165, 1.54) is 38.5 Å². The number of halogens is 2. The van der Waals surface area contributed by atoms with Gasteiger partial charge < -0.3 is 9.47 Å². The molecule has 9 heteroatoms. The molecule has 2 heterocycles. The Hall–Kier alpha value is -1.61. The Balaban J connectivity index is 0.00000200. The fraction of sp³-hybridized carbons (Fsp3) is 0.483. The van der Waals surface area contributed by atoms with E-state index in [0.29, 0.717) is 34.4 Å². The summed E-state index contributed by atoms with van der Waals surface area (Å²) in [5.74, 6) is -0.00377. The molecule has 1 aliphatic carbocycles. The minimum absolute atomic E-state index is 0.